The van der Waals surface area contributed by atoms with Crippen LogP contribution in [0.5, 0.6) is 0 Å². The van der Waals surface area contributed by atoms with Crippen LogP contribution in [0.15, 0.2) is 42.7 Å². The number of benzene rings is 1. The van der Waals surface area contributed by atoms with Crippen molar-refractivity contribution in [2.45, 2.75) is 6.92 Å². The lowest BCUT2D eigenvalue weighted by atomic mass is 10.1. The van der Waals surface area contributed by atoms with Gasteiger partial charge in [0.1, 0.15) is 0 Å². The summed E-state index contributed by atoms with van der Waals surface area (Å²) in [5.41, 5.74) is 1.37. The summed E-state index contributed by atoms with van der Waals surface area (Å²) in [6, 6.07) is 9.57. The van der Waals surface area contributed by atoms with Crippen LogP contribution in [0, 0.1) is 5.41 Å². The third kappa shape index (κ3) is 3.11. The van der Waals surface area contributed by atoms with Gasteiger partial charge in [-0.25, -0.2) is 0 Å². The zero-order valence-electron chi connectivity index (χ0n) is 7.66. The fourth-order valence-electron chi connectivity index (χ4n) is 0.926. The molecule has 68 valence electrons. The molecule has 1 aromatic rings. The molecule has 0 unspecified atom stereocenters. The number of nitrogens with one attached hydrogen (secondary N) is 1. The second-order valence-corrected chi connectivity index (χ2v) is 2.54. The van der Waals surface area contributed by atoms with Gasteiger partial charge >= 0.3 is 0 Å². The Hall–Kier alpha value is -1.57. The molecule has 13 heavy (non-hydrogen) atoms. The van der Waals surface area contributed by atoms with E-state index < -0.39 is 0 Å². The molecule has 0 aliphatic heterocycles. The molecule has 0 aliphatic rings. The number of allylic oxidation sites excluding steroid dienone is 1. The molecule has 0 saturated carbocycles. The molecule has 2 heteroatoms. The molecule has 0 heterocycles. The topological polar surface area (TPSA) is 33.1 Å². The second-order valence-electron chi connectivity index (χ2n) is 2.54. The summed E-state index contributed by atoms with van der Waals surface area (Å²) in [7, 11) is 0. The van der Waals surface area contributed by atoms with E-state index in [1.54, 1.807) is 12.3 Å². The van der Waals surface area contributed by atoms with E-state index in [0.29, 0.717) is 12.3 Å². The number of hydrogen-bond donors (Lipinski definition) is 1. The summed E-state index contributed by atoms with van der Waals surface area (Å²) in [4.78, 5) is 0. The van der Waals surface area contributed by atoms with E-state index in [-0.39, 0.29) is 0 Å². The number of hydrogen-bond acceptors (Lipinski definition) is 2. The highest BCUT2D eigenvalue weighted by atomic mass is 16.5. The third-order valence-electron chi connectivity index (χ3n) is 1.58. The van der Waals surface area contributed by atoms with Crippen molar-refractivity contribution in [1.82, 2.24) is 0 Å². The average Bonchev–Trinajstić information content (AvgIpc) is 2.19. The quantitative estimate of drug-likeness (QED) is 0.553. The van der Waals surface area contributed by atoms with Gasteiger partial charge in [-0.3, -0.25) is 0 Å². The largest absolute Gasteiger partial charge is 0.501 e. The standard InChI is InChI=1S/C11H13NO/c1-2-13-9-8-11(12)10-6-4-3-5-7-10/h3-9,12H,2H2,1H3/b9-8+,12-11?. The molecular weight excluding hydrogens is 162 g/mol. The minimum absolute atomic E-state index is 0.467. The van der Waals surface area contributed by atoms with Crippen LogP contribution in [0.25, 0.3) is 0 Å². The van der Waals surface area contributed by atoms with E-state index in [9.17, 15) is 0 Å². The maximum Gasteiger partial charge on any atom is 0.0850 e. The van der Waals surface area contributed by atoms with Gasteiger partial charge in [0.05, 0.1) is 18.6 Å². The fraction of sp³-hybridized carbons (Fsp3) is 0.182. The second kappa shape index (κ2) is 5.14. The van der Waals surface area contributed by atoms with Gasteiger partial charge in [-0.05, 0) is 18.6 Å². The van der Waals surface area contributed by atoms with Crippen molar-refractivity contribution >= 4 is 5.71 Å². The Bertz CT molecular complexity index is 290. The van der Waals surface area contributed by atoms with Crippen molar-refractivity contribution in [3.05, 3.63) is 48.2 Å². The minimum Gasteiger partial charge on any atom is -0.501 e. The van der Waals surface area contributed by atoms with Gasteiger partial charge in [0.25, 0.3) is 0 Å². The molecule has 1 N–H and O–H groups in total. The van der Waals surface area contributed by atoms with E-state index in [4.69, 9.17) is 10.1 Å². The summed E-state index contributed by atoms with van der Waals surface area (Å²) >= 11 is 0. The summed E-state index contributed by atoms with van der Waals surface area (Å²) < 4.78 is 5.00. The molecule has 0 aliphatic carbocycles. The molecule has 0 bridgehead atoms. The first-order chi connectivity index (χ1) is 6.34. The van der Waals surface area contributed by atoms with Crippen LogP contribution >= 0.6 is 0 Å². The van der Waals surface area contributed by atoms with Crippen molar-refractivity contribution in [2.75, 3.05) is 6.61 Å². The minimum atomic E-state index is 0.467. The molecular formula is C11H13NO. The van der Waals surface area contributed by atoms with Crippen LogP contribution in [0.3, 0.4) is 0 Å². The summed E-state index contributed by atoms with van der Waals surface area (Å²) in [5.74, 6) is 0. The number of rotatable bonds is 4. The maximum atomic E-state index is 7.64. The van der Waals surface area contributed by atoms with Gasteiger partial charge in [-0.1, -0.05) is 30.3 Å². The van der Waals surface area contributed by atoms with Crippen molar-refractivity contribution in [3.8, 4) is 0 Å². The molecule has 2 nitrogen and oxygen atoms in total. The van der Waals surface area contributed by atoms with Gasteiger partial charge in [0.2, 0.25) is 0 Å². The fourth-order valence-corrected chi connectivity index (χ4v) is 0.926. The first kappa shape index (κ1) is 9.52. The molecule has 0 amide bonds. The number of ether oxygens (including phenoxy) is 1. The smallest absolute Gasteiger partial charge is 0.0850 e. The summed E-state index contributed by atoms with van der Waals surface area (Å²) in [5, 5.41) is 7.64. The van der Waals surface area contributed by atoms with Crippen molar-refractivity contribution in [2.24, 2.45) is 0 Å². The van der Waals surface area contributed by atoms with Gasteiger partial charge in [-0.2, -0.15) is 0 Å². The van der Waals surface area contributed by atoms with Crippen LogP contribution in [-0.2, 0) is 4.74 Å². The normalized spacial score (nSPS) is 10.2. The predicted molar refractivity (Wildman–Crippen MR) is 54.0 cm³/mol. The van der Waals surface area contributed by atoms with Crippen LogP contribution < -0.4 is 0 Å². The first-order valence-corrected chi connectivity index (χ1v) is 4.26. The average molecular weight is 175 g/mol. The zero-order valence-corrected chi connectivity index (χ0v) is 7.66. The van der Waals surface area contributed by atoms with Crippen LogP contribution in [-0.4, -0.2) is 12.3 Å². The molecule has 0 saturated heterocycles. The molecule has 0 radical (unpaired) electrons. The van der Waals surface area contributed by atoms with E-state index >= 15 is 0 Å². The van der Waals surface area contributed by atoms with E-state index in [1.807, 2.05) is 37.3 Å². The summed E-state index contributed by atoms with van der Waals surface area (Å²) in [6.45, 7) is 2.55. The SMILES string of the molecule is CCO/C=C/C(=N)c1ccccc1. The lowest BCUT2D eigenvalue weighted by molar-refractivity contribution is 0.269. The Labute approximate surface area is 78.4 Å². The van der Waals surface area contributed by atoms with Crippen LogP contribution in [0.2, 0.25) is 0 Å². The van der Waals surface area contributed by atoms with Crippen LogP contribution in [0.1, 0.15) is 12.5 Å². The third-order valence-corrected chi connectivity index (χ3v) is 1.58. The lowest BCUT2D eigenvalue weighted by Crippen LogP contribution is -1.93. The predicted octanol–water partition coefficient (Wildman–Crippen LogP) is 2.60. The van der Waals surface area contributed by atoms with E-state index in [2.05, 4.69) is 0 Å². The molecule has 1 aromatic carbocycles. The Morgan fingerprint density at radius 1 is 1.38 bits per heavy atom. The molecule has 0 aromatic heterocycles. The van der Waals surface area contributed by atoms with E-state index in [0.717, 1.165) is 5.56 Å². The van der Waals surface area contributed by atoms with E-state index in [1.165, 1.54) is 0 Å². The Morgan fingerprint density at radius 3 is 2.69 bits per heavy atom. The first-order valence-electron chi connectivity index (χ1n) is 4.26. The maximum absolute atomic E-state index is 7.64. The molecule has 0 spiro atoms. The monoisotopic (exact) mass is 175 g/mol. The van der Waals surface area contributed by atoms with Crippen molar-refractivity contribution < 1.29 is 4.74 Å². The molecule has 0 fully saturated rings. The Morgan fingerprint density at radius 2 is 2.08 bits per heavy atom. The summed E-state index contributed by atoms with van der Waals surface area (Å²) in [6.07, 6.45) is 3.20. The van der Waals surface area contributed by atoms with Gasteiger partial charge in [-0.15, -0.1) is 0 Å². The van der Waals surface area contributed by atoms with Gasteiger partial charge in [0.15, 0.2) is 0 Å². The van der Waals surface area contributed by atoms with Crippen molar-refractivity contribution in [3.63, 3.8) is 0 Å². The zero-order chi connectivity index (χ0) is 9.52. The Balaban J connectivity index is 2.59. The van der Waals surface area contributed by atoms with Crippen LogP contribution in [0.4, 0.5) is 0 Å². The molecule has 1 rings (SSSR count). The molecule has 0 atom stereocenters. The van der Waals surface area contributed by atoms with Crippen molar-refractivity contribution in [1.29, 1.82) is 5.41 Å². The highest BCUT2D eigenvalue weighted by molar-refractivity contribution is 6.06. The van der Waals surface area contributed by atoms with Gasteiger partial charge < -0.3 is 10.1 Å². The van der Waals surface area contributed by atoms with Gasteiger partial charge in [0, 0.05) is 0 Å². The highest BCUT2D eigenvalue weighted by Gasteiger charge is 1.93. The Kier molecular flexibility index (Phi) is 3.76. The highest BCUT2D eigenvalue weighted by Crippen LogP contribution is 2.00. The lowest BCUT2D eigenvalue weighted by Gasteiger charge is -1.97.